The van der Waals surface area contributed by atoms with Gasteiger partial charge in [0.15, 0.2) is 5.76 Å². The minimum atomic E-state index is -3.80. The molecular formula is C27H35N5O7S2. The predicted molar refractivity (Wildman–Crippen MR) is 155 cm³/mol. The van der Waals surface area contributed by atoms with Gasteiger partial charge in [0.1, 0.15) is 27.4 Å². The number of nitrogens with zero attached hydrogens (tertiary/aromatic N) is 3. The fourth-order valence-corrected chi connectivity index (χ4v) is 6.59. The van der Waals surface area contributed by atoms with Gasteiger partial charge in [0, 0.05) is 30.8 Å². The number of fused-ring (bicyclic) bond motifs is 1. The van der Waals surface area contributed by atoms with Gasteiger partial charge in [-0.25, -0.2) is 13.2 Å². The van der Waals surface area contributed by atoms with E-state index in [1.807, 2.05) is 6.92 Å². The third-order valence-electron chi connectivity index (χ3n) is 6.99. The lowest BCUT2D eigenvalue weighted by atomic mass is 10.0. The van der Waals surface area contributed by atoms with Crippen LogP contribution in [0.1, 0.15) is 30.9 Å². The molecule has 0 saturated heterocycles. The maximum atomic E-state index is 13.4. The lowest BCUT2D eigenvalue weighted by molar-refractivity contribution is -0.134. The molecule has 3 aromatic rings. The summed E-state index contributed by atoms with van der Waals surface area (Å²) in [5.74, 6) is 0.437. The molecule has 3 atom stereocenters. The molecule has 2 aromatic heterocycles. The van der Waals surface area contributed by atoms with Gasteiger partial charge in [-0.3, -0.25) is 9.52 Å². The molecule has 41 heavy (non-hydrogen) atoms. The molecule has 4 rings (SSSR count). The summed E-state index contributed by atoms with van der Waals surface area (Å²) in [6, 6.07) is 7.12. The average Bonchev–Trinajstić information content (AvgIpc) is 3.59. The van der Waals surface area contributed by atoms with Crippen molar-refractivity contribution in [2.24, 2.45) is 5.92 Å². The second-order valence-electron chi connectivity index (χ2n) is 10.3. The number of aryl methyl sites for hydroxylation is 2. The number of carbonyl (C=O) groups is 2. The zero-order valence-corrected chi connectivity index (χ0v) is 25.2. The highest BCUT2D eigenvalue weighted by Crippen LogP contribution is 2.30. The van der Waals surface area contributed by atoms with Crippen molar-refractivity contribution in [2.75, 3.05) is 36.8 Å². The van der Waals surface area contributed by atoms with Crippen LogP contribution >= 0.6 is 11.3 Å². The number of likely N-dealkylation sites (N-methyl/N-ethyl adjacent to an activating group) is 1. The molecule has 222 valence electrons. The fraction of sp³-hybridized carbons (Fsp3) is 0.444. The first-order valence-electron chi connectivity index (χ1n) is 13.1. The molecule has 0 bridgehead atoms. The third-order valence-corrected chi connectivity index (χ3v) is 9.77. The van der Waals surface area contributed by atoms with Crippen LogP contribution < -0.4 is 14.8 Å². The van der Waals surface area contributed by atoms with Gasteiger partial charge in [-0.2, -0.15) is 0 Å². The minimum absolute atomic E-state index is 0.0595. The Hall–Kier alpha value is -3.62. The van der Waals surface area contributed by atoms with Crippen molar-refractivity contribution in [1.82, 2.24) is 15.0 Å². The summed E-state index contributed by atoms with van der Waals surface area (Å²) in [6.45, 7) is 7.36. The van der Waals surface area contributed by atoms with Crippen molar-refractivity contribution in [3.63, 3.8) is 0 Å². The monoisotopic (exact) mass is 605 g/mol. The second kappa shape index (κ2) is 12.5. The number of sulfonamides is 1. The minimum Gasteiger partial charge on any atom is -0.488 e. The molecule has 12 nitrogen and oxygen atoms in total. The van der Waals surface area contributed by atoms with Gasteiger partial charge in [-0.05, 0) is 50.4 Å². The smallest absolute Gasteiger partial charge is 0.321 e. The number of hydrogen-bond donors (Lipinski definition) is 3. The largest absolute Gasteiger partial charge is 0.488 e. The lowest BCUT2D eigenvalue weighted by Crippen LogP contribution is -2.48. The summed E-state index contributed by atoms with van der Waals surface area (Å²) >= 11 is 1.10. The zero-order valence-electron chi connectivity index (χ0n) is 23.6. The molecule has 1 aromatic carbocycles. The molecule has 14 heteroatoms. The second-order valence-corrected chi connectivity index (χ2v) is 13.1. The van der Waals surface area contributed by atoms with E-state index in [0.717, 1.165) is 11.3 Å². The number of anilines is 2. The Morgan fingerprint density at radius 2 is 2.07 bits per heavy atom. The van der Waals surface area contributed by atoms with E-state index in [4.69, 9.17) is 9.26 Å². The molecule has 1 aliphatic heterocycles. The molecule has 1 aliphatic rings. The number of urea groups is 1. The molecule has 0 unspecified atom stereocenters. The van der Waals surface area contributed by atoms with E-state index < -0.39 is 22.2 Å². The zero-order chi connectivity index (χ0) is 29.9. The first-order valence-corrected chi connectivity index (χ1v) is 15.5. The van der Waals surface area contributed by atoms with Crippen LogP contribution in [0, 0.1) is 19.8 Å². The number of aliphatic hydroxyl groups excluding tert-OH is 1. The first kappa shape index (κ1) is 30.3. The number of hydrogen-bond acceptors (Lipinski definition) is 9. The Morgan fingerprint density at radius 3 is 2.71 bits per heavy atom. The Bertz CT molecular complexity index is 1470. The third kappa shape index (κ3) is 7.00. The van der Waals surface area contributed by atoms with Crippen molar-refractivity contribution in [1.29, 1.82) is 0 Å². The maximum Gasteiger partial charge on any atom is 0.321 e. The van der Waals surface area contributed by atoms with Gasteiger partial charge in [0.2, 0.25) is 5.91 Å². The van der Waals surface area contributed by atoms with Crippen LogP contribution in [0.4, 0.5) is 16.2 Å². The molecular weight excluding hydrogens is 570 g/mol. The van der Waals surface area contributed by atoms with Crippen LogP contribution in [0.3, 0.4) is 0 Å². The van der Waals surface area contributed by atoms with Gasteiger partial charge in [-0.1, -0.05) is 18.1 Å². The van der Waals surface area contributed by atoms with Crippen molar-refractivity contribution in [3.8, 4) is 5.75 Å². The quantitative estimate of drug-likeness (QED) is 0.353. The lowest BCUT2D eigenvalue weighted by Gasteiger charge is -2.34. The van der Waals surface area contributed by atoms with Crippen molar-refractivity contribution >= 4 is 44.7 Å². The van der Waals surface area contributed by atoms with Crippen LogP contribution in [0.2, 0.25) is 0 Å². The Balaban J connectivity index is 1.62. The highest BCUT2D eigenvalue weighted by molar-refractivity contribution is 7.94. The van der Waals surface area contributed by atoms with E-state index in [1.165, 1.54) is 11.0 Å². The number of nitrogens with one attached hydrogen (secondary N) is 2. The Morgan fingerprint density at radius 1 is 1.32 bits per heavy atom. The number of amides is 3. The van der Waals surface area contributed by atoms with Gasteiger partial charge in [-0.15, -0.1) is 11.3 Å². The summed E-state index contributed by atoms with van der Waals surface area (Å²) in [5.41, 5.74) is 1.83. The molecule has 3 amide bonds. The van der Waals surface area contributed by atoms with Crippen LogP contribution in [0.5, 0.6) is 5.75 Å². The molecule has 0 aliphatic carbocycles. The normalized spacial score (nSPS) is 18.4. The van der Waals surface area contributed by atoms with Gasteiger partial charge in [0.25, 0.3) is 10.0 Å². The number of thiophene rings is 1. The molecule has 0 saturated carbocycles. The van der Waals surface area contributed by atoms with E-state index in [2.05, 4.69) is 15.2 Å². The van der Waals surface area contributed by atoms with E-state index in [-0.39, 0.29) is 53.9 Å². The van der Waals surface area contributed by atoms with E-state index in [1.54, 1.807) is 62.4 Å². The summed E-state index contributed by atoms with van der Waals surface area (Å²) in [5, 5.41) is 18.2. The van der Waals surface area contributed by atoms with Gasteiger partial charge in [0.05, 0.1) is 25.6 Å². The Kier molecular flexibility index (Phi) is 9.24. The Labute approximate surface area is 243 Å². The summed E-state index contributed by atoms with van der Waals surface area (Å²) in [4.78, 5) is 29.5. The summed E-state index contributed by atoms with van der Waals surface area (Å²) in [7, 11) is -2.16. The highest BCUT2D eigenvalue weighted by Gasteiger charge is 2.32. The van der Waals surface area contributed by atoms with E-state index in [0.29, 0.717) is 28.5 Å². The number of aromatic nitrogens is 1. The molecule has 3 N–H and O–H groups in total. The number of aliphatic hydroxyl groups is 1. The number of ether oxygens (including phenoxy) is 1. The van der Waals surface area contributed by atoms with Gasteiger partial charge < -0.3 is 29.5 Å². The SMILES string of the molecule is Cc1noc(C)c1NC(=O)N(C)C[C@H]1Oc2ccc(NS(=O)(=O)c3cccs3)cc2CC(=O)N([C@H](C)CO)C[C@H]1C. The van der Waals surface area contributed by atoms with Crippen LogP contribution in [-0.4, -0.2) is 79.3 Å². The average molecular weight is 606 g/mol. The van der Waals surface area contributed by atoms with Crippen LogP contribution in [0.15, 0.2) is 44.4 Å². The molecule has 0 radical (unpaired) electrons. The molecule has 3 heterocycles. The standard InChI is InChI=1S/C27H35N5O7S2/c1-16-13-32(17(2)15-33)24(34)12-20-11-21(30-41(36,37)25-7-6-10-40-25)8-9-22(20)38-23(16)14-31(5)27(35)28-26-18(3)29-39-19(26)4/h6-11,16-17,23,30,33H,12-15H2,1-5H3,(H,28,35)/t16-,17-,23-/m1/s1. The van der Waals surface area contributed by atoms with Crippen molar-refractivity contribution in [2.45, 2.75) is 50.5 Å². The summed E-state index contributed by atoms with van der Waals surface area (Å²) < 4.78 is 39.9. The van der Waals surface area contributed by atoms with E-state index >= 15 is 0 Å². The van der Waals surface area contributed by atoms with Crippen LogP contribution in [0.25, 0.3) is 0 Å². The highest BCUT2D eigenvalue weighted by atomic mass is 32.2. The van der Waals surface area contributed by atoms with Crippen LogP contribution in [-0.2, 0) is 21.2 Å². The van der Waals surface area contributed by atoms with Gasteiger partial charge >= 0.3 is 6.03 Å². The van der Waals surface area contributed by atoms with Crippen molar-refractivity contribution < 1.29 is 32.4 Å². The predicted octanol–water partition coefficient (Wildman–Crippen LogP) is 3.47. The first-order chi connectivity index (χ1) is 19.4. The fourth-order valence-electron chi connectivity index (χ4n) is 4.55. The maximum absolute atomic E-state index is 13.4. The topological polar surface area (TPSA) is 154 Å². The van der Waals surface area contributed by atoms with Crippen molar-refractivity contribution in [3.05, 3.63) is 52.7 Å². The number of benzene rings is 1. The molecule has 0 spiro atoms. The van der Waals surface area contributed by atoms with E-state index in [9.17, 15) is 23.1 Å². The number of rotatable bonds is 8. The number of carbonyl (C=O) groups excluding carboxylic acids is 2. The summed E-state index contributed by atoms with van der Waals surface area (Å²) in [6.07, 6.45) is -0.599. The molecule has 0 fully saturated rings.